The van der Waals surface area contributed by atoms with Crippen LogP contribution < -0.4 is 4.74 Å². The topological polar surface area (TPSA) is 39.2 Å². The number of aromatic nitrogens is 1. The van der Waals surface area contributed by atoms with E-state index in [-0.39, 0.29) is 11.9 Å². The molecule has 0 aliphatic carbocycles. The molecule has 3 nitrogen and oxygen atoms in total. The molecule has 2 aromatic carbocycles. The summed E-state index contributed by atoms with van der Waals surface area (Å²) in [6, 6.07) is 17.9. The summed E-state index contributed by atoms with van der Waals surface area (Å²) in [5.74, 6) is 0.614. The normalized spacial score (nSPS) is 12.3. The van der Waals surface area contributed by atoms with Crippen molar-refractivity contribution < 1.29 is 9.53 Å². The summed E-state index contributed by atoms with van der Waals surface area (Å²) >= 11 is 0. The summed E-state index contributed by atoms with van der Waals surface area (Å²) in [6.45, 7) is 8.28. The number of hydrogen-bond donors (Lipinski definition) is 0. The summed E-state index contributed by atoms with van der Waals surface area (Å²) in [7, 11) is 0. The maximum Gasteiger partial charge on any atom is 0.318 e. The maximum atomic E-state index is 12.7. The minimum atomic E-state index is -0.329. The van der Waals surface area contributed by atoms with Crippen LogP contribution in [0.1, 0.15) is 49.9 Å². The van der Waals surface area contributed by atoms with E-state index in [0.717, 1.165) is 28.6 Å². The molecule has 0 aliphatic rings. The van der Waals surface area contributed by atoms with Gasteiger partial charge in [0.2, 0.25) is 0 Å². The second kappa shape index (κ2) is 8.34. The number of para-hydroxylation sites is 1. The molecule has 3 rings (SSSR count). The Morgan fingerprint density at radius 1 is 1.00 bits per heavy atom. The van der Waals surface area contributed by atoms with Crippen LogP contribution in [0.4, 0.5) is 0 Å². The SMILES string of the molecule is Cc1ccc2cccc(OC(=O)C(C)c3ccc(CCC(C)C)cc3)c2n1. The predicted octanol–water partition coefficient (Wildman–Crippen LogP) is 5.84. The number of aryl methyl sites for hydroxylation is 2. The first kappa shape index (κ1) is 19.1. The number of carbonyl (C=O) groups excluding carboxylic acids is 1. The maximum absolute atomic E-state index is 12.7. The summed E-state index contributed by atoms with van der Waals surface area (Å²) in [6.07, 6.45) is 2.24. The molecule has 0 N–H and O–H groups in total. The van der Waals surface area contributed by atoms with E-state index in [2.05, 4.69) is 31.0 Å². The Bertz CT molecular complexity index is 929. The third kappa shape index (κ3) is 4.73. The largest absolute Gasteiger partial charge is 0.424 e. The molecule has 140 valence electrons. The zero-order valence-electron chi connectivity index (χ0n) is 16.5. The molecule has 1 aromatic heterocycles. The molecule has 3 heteroatoms. The van der Waals surface area contributed by atoms with Crippen molar-refractivity contribution in [2.45, 2.75) is 46.5 Å². The molecular weight excluding hydrogens is 334 g/mol. The van der Waals surface area contributed by atoms with Gasteiger partial charge in [-0.05, 0) is 55.9 Å². The van der Waals surface area contributed by atoms with Crippen LogP contribution in [0.3, 0.4) is 0 Å². The number of nitrogens with zero attached hydrogens (tertiary/aromatic N) is 1. The first-order valence-electron chi connectivity index (χ1n) is 9.61. The Labute approximate surface area is 161 Å². The fourth-order valence-electron chi connectivity index (χ4n) is 3.06. The third-order valence-electron chi connectivity index (χ3n) is 4.88. The average Bonchev–Trinajstić information content (AvgIpc) is 2.66. The molecule has 1 atom stereocenters. The van der Waals surface area contributed by atoms with Gasteiger partial charge in [-0.2, -0.15) is 0 Å². The Morgan fingerprint density at radius 3 is 2.44 bits per heavy atom. The van der Waals surface area contributed by atoms with Crippen molar-refractivity contribution in [2.75, 3.05) is 0 Å². The van der Waals surface area contributed by atoms with E-state index in [4.69, 9.17) is 4.74 Å². The fraction of sp³-hybridized carbons (Fsp3) is 0.333. The molecule has 0 amide bonds. The van der Waals surface area contributed by atoms with Gasteiger partial charge in [-0.1, -0.05) is 56.3 Å². The summed E-state index contributed by atoms with van der Waals surface area (Å²) in [5.41, 5.74) is 3.90. The van der Waals surface area contributed by atoms with Gasteiger partial charge in [0, 0.05) is 11.1 Å². The second-order valence-electron chi connectivity index (χ2n) is 7.60. The summed E-state index contributed by atoms with van der Waals surface area (Å²) < 4.78 is 5.71. The van der Waals surface area contributed by atoms with Gasteiger partial charge in [0.1, 0.15) is 5.52 Å². The number of carbonyl (C=O) groups is 1. The van der Waals surface area contributed by atoms with Crippen LogP contribution in [-0.4, -0.2) is 11.0 Å². The smallest absolute Gasteiger partial charge is 0.318 e. The van der Waals surface area contributed by atoms with Gasteiger partial charge in [0.25, 0.3) is 0 Å². The van der Waals surface area contributed by atoms with Crippen molar-refractivity contribution in [3.8, 4) is 5.75 Å². The van der Waals surface area contributed by atoms with E-state index in [1.807, 2.05) is 50.2 Å². The molecule has 0 saturated carbocycles. The number of ether oxygens (including phenoxy) is 1. The fourth-order valence-corrected chi connectivity index (χ4v) is 3.06. The highest BCUT2D eigenvalue weighted by molar-refractivity contribution is 5.88. The number of pyridine rings is 1. The van der Waals surface area contributed by atoms with Crippen LogP contribution >= 0.6 is 0 Å². The molecule has 0 saturated heterocycles. The minimum Gasteiger partial charge on any atom is -0.424 e. The Hall–Kier alpha value is -2.68. The van der Waals surface area contributed by atoms with Gasteiger partial charge < -0.3 is 4.74 Å². The van der Waals surface area contributed by atoms with Crippen LogP contribution in [-0.2, 0) is 11.2 Å². The molecule has 1 heterocycles. The van der Waals surface area contributed by atoms with Crippen LogP contribution in [0.15, 0.2) is 54.6 Å². The zero-order chi connectivity index (χ0) is 19.4. The minimum absolute atomic E-state index is 0.263. The lowest BCUT2D eigenvalue weighted by atomic mass is 9.97. The summed E-state index contributed by atoms with van der Waals surface area (Å²) in [4.78, 5) is 17.2. The number of esters is 1. The highest BCUT2D eigenvalue weighted by atomic mass is 16.5. The van der Waals surface area contributed by atoms with Crippen LogP contribution in [0.25, 0.3) is 10.9 Å². The lowest BCUT2D eigenvalue weighted by Gasteiger charge is -2.13. The predicted molar refractivity (Wildman–Crippen MR) is 110 cm³/mol. The Kier molecular flexibility index (Phi) is 5.90. The van der Waals surface area contributed by atoms with Gasteiger partial charge in [0.05, 0.1) is 5.92 Å². The van der Waals surface area contributed by atoms with Gasteiger partial charge in [-0.25, -0.2) is 4.98 Å². The lowest BCUT2D eigenvalue weighted by molar-refractivity contribution is -0.135. The molecule has 3 aromatic rings. The molecule has 27 heavy (non-hydrogen) atoms. The number of benzene rings is 2. The Morgan fingerprint density at radius 2 is 1.74 bits per heavy atom. The molecular formula is C24H27NO2. The monoisotopic (exact) mass is 361 g/mol. The van der Waals surface area contributed by atoms with Gasteiger partial charge in [-0.3, -0.25) is 4.79 Å². The Balaban J connectivity index is 1.73. The van der Waals surface area contributed by atoms with Crippen molar-refractivity contribution in [1.82, 2.24) is 4.98 Å². The lowest BCUT2D eigenvalue weighted by Crippen LogP contribution is -2.16. The second-order valence-corrected chi connectivity index (χ2v) is 7.60. The van der Waals surface area contributed by atoms with E-state index in [9.17, 15) is 4.79 Å². The standard InChI is InChI=1S/C24H27NO2/c1-16(2)8-10-19-11-14-20(15-12-19)18(4)24(26)27-22-7-5-6-21-13-9-17(3)25-23(21)22/h5-7,9,11-16,18H,8,10H2,1-4H3. The first-order valence-corrected chi connectivity index (χ1v) is 9.61. The molecule has 1 unspecified atom stereocenters. The van der Waals surface area contributed by atoms with Crippen LogP contribution in [0, 0.1) is 12.8 Å². The molecule has 0 fully saturated rings. The van der Waals surface area contributed by atoms with Crippen LogP contribution in [0.5, 0.6) is 5.75 Å². The van der Waals surface area contributed by atoms with Crippen LogP contribution in [0.2, 0.25) is 0 Å². The van der Waals surface area contributed by atoms with Crippen molar-refractivity contribution >= 4 is 16.9 Å². The molecule has 0 spiro atoms. The summed E-state index contributed by atoms with van der Waals surface area (Å²) in [5, 5.41) is 0.966. The zero-order valence-corrected chi connectivity index (χ0v) is 16.5. The molecule has 0 aliphatic heterocycles. The molecule has 0 bridgehead atoms. The van der Waals surface area contributed by atoms with E-state index in [1.165, 1.54) is 12.0 Å². The number of hydrogen-bond acceptors (Lipinski definition) is 3. The third-order valence-corrected chi connectivity index (χ3v) is 4.88. The number of rotatable bonds is 6. The van der Waals surface area contributed by atoms with Crippen molar-refractivity contribution in [2.24, 2.45) is 5.92 Å². The van der Waals surface area contributed by atoms with E-state index >= 15 is 0 Å². The van der Waals surface area contributed by atoms with Crippen molar-refractivity contribution in [3.63, 3.8) is 0 Å². The van der Waals surface area contributed by atoms with Gasteiger partial charge in [0.15, 0.2) is 5.75 Å². The van der Waals surface area contributed by atoms with Gasteiger partial charge >= 0.3 is 5.97 Å². The first-order chi connectivity index (χ1) is 12.9. The quantitative estimate of drug-likeness (QED) is 0.409. The van der Waals surface area contributed by atoms with Crippen molar-refractivity contribution in [3.05, 3.63) is 71.4 Å². The van der Waals surface area contributed by atoms with E-state index in [0.29, 0.717) is 11.7 Å². The van der Waals surface area contributed by atoms with E-state index < -0.39 is 0 Å². The van der Waals surface area contributed by atoms with Gasteiger partial charge in [-0.15, -0.1) is 0 Å². The average molecular weight is 361 g/mol. The highest BCUT2D eigenvalue weighted by Gasteiger charge is 2.19. The number of fused-ring (bicyclic) bond motifs is 1. The molecule has 0 radical (unpaired) electrons. The van der Waals surface area contributed by atoms with E-state index in [1.54, 1.807) is 6.07 Å². The highest BCUT2D eigenvalue weighted by Crippen LogP contribution is 2.26. The van der Waals surface area contributed by atoms with Crippen molar-refractivity contribution in [1.29, 1.82) is 0 Å².